The summed E-state index contributed by atoms with van der Waals surface area (Å²) in [4.78, 5) is 18.8. The molecule has 8 heteroatoms. The number of ether oxygens (including phenoxy) is 1. The molecule has 136 valence electrons. The minimum absolute atomic E-state index is 0.0222. The second kappa shape index (κ2) is 6.17. The van der Waals surface area contributed by atoms with E-state index in [1.807, 2.05) is 48.0 Å². The van der Waals surface area contributed by atoms with Crippen LogP contribution in [0.1, 0.15) is 22.0 Å². The van der Waals surface area contributed by atoms with Crippen molar-refractivity contribution in [2.45, 2.75) is 12.6 Å². The molecule has 2 aromatic heterocycles. The highest BCUT2D eigenvalue weighted by molar-refractivity contribution is 6.03. The Kier molecular flexibility index (Phi) is 3.64. The van der Waals surface area contributed by atoms with E-state index in [0.29, 0.717) is 37.0 Å². The average molecular weight is 362 g/mol. The maximum Gasteiger partial charge on any atom is 0.256 e. The lowest BCUT2D eigenvalue weighted by molar-refractivity contribution is -0.0228. The maximum atomic E-state index is 12.5. The lowest BCUT2D eigenvalue weighted by Crippen LogP contribution is -2.30. The number of anilines is 2. The second-order valence-electron chi connectivity index (χ2n) is 6.79. The Bertz CT molecular complexity index is 1030. The summed E-state index contributed by atoms with van der Waals surface area (Å²) < 4.78 is 7.26. The molecule has 1 N–H and O–H groups in total. The van der Waals surface area contributed by atoms with Gasteiger partial charge in [-0.05, 0) is 23.8 Å². The number of nitrogens with zero attached hydrogens (tertiary/aromatic N) is 5. The molecule has 1 saturated heterocycles. The molecular formula is C19H18N6O2. The minimum atomic E-state index is 0.0222. The van der Waals surface area contributed by atoms with Gasteiger partial charge in [-0.2, -0.15) is 0 Å². The van der Waals surface area contributed by atoms with E-state index >= 15 is 0 Å². The average Bonchev–Trinajstić information content (AvgIpc) is 3.20. The Labute approximate surface area is 155 Å². The van der Waals surface area contributed by atoms with Crippen LogP contribution in [0.3, 0.4) is 0 Å². The van der Waals surface area contributed by atoms with Gasteiger partial charge in [0.1, 0.15) is 17.8 Å². The van der Waals surface area contributed by atoms with Crippen LogP contribution < -0.4 is 5.32 Å². The van der Waals surface area contributed by atoms with Gasteiger partial charge in [0.2, 0.25) is 0 Å². The minimum Gasteiger partial charge on any atom is -0.377 e. The molecule has 2 aliphatic rings. The molecule has 5 rings (SSSR count). The fourth-order valence-electron chi connectivity index (χ4n) is 3.45. The van der Waals surface area contributed by atoms with Gasteiger partial charge in [0.15, 0.2) is 5.82 Å². The summed E-state index contributed by atoms with van der Waals surface area (Å²) in [5.41, 5.74) is 3.22. The lowest BCUT2D eigenvalue weighted by atomic mass is 10.1. The first kappa shape index (κ1) is 16.0. The zero-order valence-corrected chi connectivity index (χ0v) is 14.8. The maximum absolute atomic E-state index is 12.5. The fraction of sp³-hybridized carbons (Fsp3) is 0.263. The molecule has 1 aromatic carbocycles. The summed E-state index contributed by atoms with van der Waals surface area (Å²) in [5.74, 6) is 1.39. The number of hydrogen-bond acceptors (Lipinski definition) is 6. The van der Waals surface area contributed by atoms with Gasteiger partial charge in [0, 0.05) is 13.6 Å². The van der Waals surface area contributed by atoms with Crippen LogP contribution in [0.2, 0.25) is 0 Å². The monoisotopic (exact) mass is 362 g/mol. The Morgan fingerprint density at radius 2 is 2.04 bits per heavy atom. The molecule has 3 aromatic rings. The molecule has 8 nitrogen and oxygen atoms in total. The van der Waals surface area contributed by atoms with Crippen molar-refractivity contribution in [2.75, 3.05) is 25.6 Å². The summed E-state index contributed by atoms with van der Waals surface area (Å²) in [5, 5.41) is 11.5. The van der Waals surface area contributed by atoms with Crippen molar-refractivity contribution in [2.24, 2.45) is 0 Å². The van der Waals surface area contributed by atoms with Crippen molar-refractivity contribution in [1.29, 1.82) is 0 Å². The van der Waals surface area contributed by atoms with Crippen LogP contribution in [-0.4, -0.2) is 50.8 Å². The molecule has 0 saturated carbocycles. The molecule has 2 aliphatic heterocycles. The standard InChI is InChI=1S/C19H18N6O2/c1-24-8-12-4-2-5-14(17(12)19(24)26)21-16-7-3-6-15(22-16)18-23-20-11-25(18)13-9-27-10-13/h2-7,11,13H,8-10H2,1H3,(H,21,22). The van der Waals surface area contributed by atoms with Crippen LogP contribution in [0.5, 0.6) is 0 Å². The Morgan fingerprint density at radius 3 is 2.85 bits per heavy atom. The third-order valence-electron chi connectivity index (χ3n) is 4.95. The van der Waals surface area contributed by atoms with E-state index in [-0.39, 0.29) is 11.9 Å². The number of carbonyl (C=O) groups excluding carboxylic acids is 1. The van der Waals surface area contributed by atoms with E-state index in [2.05, 4.69) is 20.5 Å². The summed E-state index contributed by atoms with van der Waals surface area (Å²) in [6.07, 6.45) is 1.71. The third kappa shape index (κ3) is 2.65. The second-order valence-corrected chi connectivity index (χ2v) is 6.79. The first-order chi connectivity index (χ1) is 13.2. The topological polar surface area (TPSA) is 85.2 Å². The Morgan fingerprint density at radius 1 is 1.19 bits per heavy atom. The molecule has 0 atom stereocenters. The highest BCUT2D eigenvalue weighted by Crippen LogP contribution is 2.31. The van der Waals surface area contributed by atoms with E-state index in [4.69, 9.17) is 4.74 Å². The lowest BCUT2D eigenvalue weighted by Gasteiger charge is -2.27. The van der Waals surface area contributed by atoms with Gasteiger partial charge in [-0.15, -0.1) is 10.2 Å². The molecule has 0 bridgehead atoms. The number of hydrogen-bond donors (Lipinski definition) is 1. The van der Waals surface area contributed by atoms with Gasteiger partial charge in [-0.1, -0.05) is 18.2 Å². The number of pyridine rings is 1. The SMILES string of the molecule is CN1Cc2cccc(Nc3cccc(-c4nncn4C4COC4)n3)c2C1=O. The normalized spacial score (nSPS) is 16.3. The van der Waals surface area contributed by atoms with Gasteiger partial charge in [-0.25, -0.2) is 4.98 Å². The molecule has 0 radical (unpaired) electrons. The van der Waals surface area contributed by atoms with Crippen molar-refractivity contribution in [3.8, 4) is 11.5 Å². The van der Waals surface area contributed by atoms with E-state index in [9.17, 15) is 4.79 Å². The predicted octanol–water partition coefficient (Wildman–Crippen LogP) is 2.24. The van der Waals surface area contributed by atoms with Crippen molar-refractivity contribution in [3.63, 3.8) is 0 Å². The molecule has 0 spiro atoms. The van der Waals surface area contributed by atoms with Crippen LogP contribution in [0, 0.1) is 0 Å². The third-order valence-corrected chi connectivity index (χ3v) is 4.95. The first-order valence-electron chi connectivity index (χ1n) is 8.80. The number of nitrogens with one attached hydrogen (secondary N) is 1. The number of amides is 1. The smallest absolute Gasteiger partial charge is 0.256 e. The summed E-state index contributed by atoms with van der Waals surface area (Å²) >= 11 is 0. The number of rotatable bonds is 4. The van der Waals surface area contributed by atoms with Gasteiger partial charge in [-0.3, -0.25) is 4.79 Å². The van der Waals surface area contributed by atoms with Gasteiger partial charge in [0.05, 0.1) is 30.5 Å². The highest BCUT2D eigenvalue weighted by atomic mass is 16.5. The molecule has 0 aliphatic carbocycles. The summed E-state index contributed by atoms with van der Waals surface area (Å²) in [6, 6.07) is 11.8. The van der Waals surface area contributed by atoms with Crippen molar-refractivity contribution in [1.82, 2.24) is 24.6 Å². The van der Waals surface area contributed by atoms with Crippen LogP contribution in [0.15, 0.2) is 42.7 Å². The number of fused-ring (bicyclic) bond motifs is 1. The fourth-order valence-corrected chi connectivity index (χ4v) is 3.45. The quantitative estimate of drug-likeness (QED) is 0.766. The molecule has 1 fully saturated rings. The Hall–Kier alpha value is -3.26. The molecule has 4 heterocycles. The van der Waals surface area contributed by atoms with Crippen molar-refractivity contribution >= 4 is 17.4 Å². The van der Waals surface area contributed by atoms with E-state index < -0.39 is 0 Å². The van der Waals surface area contributed by atoms with E-state index in [1.54, 1.807) is 11.2 Å². The summed E-state index contributed by atoms with van der Waals surface area (Å²) in [7, 11) is 1.81. The van der Waals surface area contributed by atoms with Crippen molar-refractivity contribution in [3.05, 3.63) is 53.9 Å². The molecule has 27 heavy (non-hydrogen) atoms. The van der Waals surface area contributed by atoms with Crippen LogP contribution in [-0.2, 0) is 11.3 Å². The van der Waals surface area contributed by atoms with Crippen LogP contribution in [0.25, 0.3) is 11.5 Å². The zero-order valence-electron chi connectivity index (χ0n) is 14.8. The van der Waals surface area contributed by atoms with Crippen molar-refractivity contribution < 1.29 is 9.53 Å². The number of aromatic nitrogens is 4. The van der Waals surface area contributed by atoms with Gasteiger partial charge < -0.3 is 19.5 Å². The van der Waals surface area contributed by atoms with Crippen LogP contribution >= 0.6 is 0 Å². The largest absolute Gasteiger partial charge is 0.377 e. The van der Waals surface area contributed by atoms with Gasteiger partial charge >= 0.3 is 0 Å². The molecular weight excluding hydrogens is 344 g/mol. The molecule has 0 unspecified atom stereocenters. The Balaban J connectivity index is 1.47. The predicted molar refractivity (Wildman–Crippen MR) is 98.6 cm³/mol. The van der Waals surface area contributed by atoms with E-state index in [0.717, 1.165) is 16.9 Å². The highest BCUT2D eigenvalue weighted by Gasteiger charge is 2.27. The first-order valence-corrected chi connectivity index (χ1v) is 8.80. The molecule has 1 amide bonds. The van der Waals surface area contributed by atoms with Crippen LogP contribution in [0.4, 0.5) is 11.5 Å². The summed E-state index contributed by atoms with van der Waals surface area (Å²) in [6.45, 7) is 1.95. The number of benzene rings is 1. The van der Waals surface area contributed by atoms with Gasteiger partial charge in [0.25, 0.3) is 5.91 Å². The zero-order chi connectivity index (χ0) is 18.4. The number of carbonyl (C=O) groups is 1. The van der Waals surface area contributed by atoms with E-state index in [1.165, 1.54) is 0 Å².